The largest absolute Gasteiger partial charge is 0.340 e. The highest BCUT2D eigenvalue weighted by Crippen LogP contribution is 2.41. The van der Waals surface area contributed by atoms with Crippen LogP contribution in [-0.2, 0) is 4.79 Å². The van der Waals surface area contributed by atoms with Gasteiger partial charge in [0.15, 0.2) is 5.92 Å². The first-order valence-electron chi connectivity index (χ1n) is 8.85. The van der Waals surface area contributed by atoms with Gasteiger partial charge in [0, 0.05) is 26.2 Å². The Kier molecular flexibility index (Phi) is 4.58. The Hall–Kier alpha value is -1.61. The van der Waals surface area contributed by atoms with Gasteiger partial charge in [0.1, 0.15) is 0 Å². The average molecular weight is 317 g/mol. The molecule has 1 N–H and O–H groups in total. The SMILES string of the molecule is CCN1CCN(C2=NC3(CCC(C)CC3)[C@@H](C#N)C(=O)N2)CC1. The van der Waals surface area contributed by atoms with Crippen LogP contribution in [0.25, 0.3) is 0 Å². The highest BCUT2D eigenvalue weighted by Gasteiger charge is 2.49. The number of guanidine groups is 1. The zero-order valence-corrected chi connectivity index (χ0v) is 14.2. The van der Waals surface area contributed by atoms with Crippen molar-refractivity contribution in [3.8, 4) is 6.07 Å². The number of likely N-dealkylation sites (N-methyl/N-ethyl adjacent to an activating group) is 1. The second kappa shape index (κ2) is 6.48. The van der Waals surface area contributed by atoms with Gasteiger partial charge in [0.05, 0.1) is 11.6 Å². The van der Waals surface area contributed by atoms with Gasteiger partial charge in [-0.15, -0.1) is 0 Å². The number of nitriles is 1. The lowest BCUT2D eigenvalue weighted by Crippen LogP contribution is -2.60. The summed E-state index contributed by atoms with van der Waals surface area (Å²) in [6.07, 6.45) is 3.79. The number of aliphatic imine (C=N–C) groups is 1. The van der Waals surface area contributed by atoms with Crippen molar-refractivity contribution in [3.63, 3.8) is 0 Å². The van der Waals surface area contributed by atoms with Crippen molar-refractivity contribution in [2.45, 2.75) is 45.1 Å². The number of carbonyl (C=O) groups excluding carboxylic acids is 1. The van der Waals surface area contributed by atoms with E-state index in [0.29, 0.717) is 11.9 Å². The van der Waals surface area contributed by atoms with Gasteiger partial charge >= 0.3 is 0 Å². The quantitative estimate of drug-likeness (QED) is 0.789. The fraction of sp³-hybridized carbons (Fsp3) is 0.824. The van der Waals surface area contributed by atoms with Crippen molar-refractivity contribution < 1.29 is 4.79 Å². The summed E-state index contributed by atoms with van der Waals surface area (Å²) in [5.74, 6) is 0.559. The molecule has 1 spiro atoms. The van der Waals surface area contributed by atoms with Crippen molar-refractivity contribution in [1.82, 2.24) is 15.1 Å². The Bertz CT molecular complexity index is 522. The molecule has 1 atom stereocenters. The van der Waals surface area contributed by atoms with Crippen LogP contribution in [0, 0.1) is 23.2 Å². The molecule has 1 amide bonds. The van der Waals surface area contributed by atoms with Crippen LogP contribution in [0.3, 0.4) is 0 Å². The molecule has 2 aliphatic heterocycles. The molecule has 6 nitrogen and oxygen atoms in total. The Morgan fingerprint density at radius 1 is 1.30 bits per heavy atom. The summed E-state index contributed by atoms with van der Waals surface area (Å²) in [4.78, 5) is 22.0. The molecule has 1 saturated carbocycles. The Morgan fingerprint density at radius 3 is 2.52 bits per heavy atom. The molecule has 0 aromatic carbocycles. The maximum Gasteiger partial charge on any atom is 0.246 e. The molecule has 0 unspecified atom stereocenters. The highest BCUT2D eigenvalue weighted by atomic mass is 16.2. The predicted octanol–water partition coefficient (Wildman–Crippen LogP) is 1.20. The third-order valence-electron chi connectivity index (χ3n) is 5.75. The molecule has 2 fully saturated rings. The zero-order valence-electron chi connectivity index (χ0n) is 14.2. The van der Waals surface area contributed by atoms with Gasteiger partial charge in [-0.05, 0) is 38.1 Å². The smallest absolute Gasteiger partial charge is 0.246 e. The second-order valence-electron chi connectivity index (χ2n) is 7.19. The fourth-order valence-corrected chi connectivity index (χ4v) is 4.00. The number of amides is 1. The molecule has 0 aromatic rings. The monoisotopic (exact) mass is 317 g/mol. The minimum absolute atomic E-state index is 0.162. The van der Waals surface area contributed by atoms with Crippen molar-refractivity contribution in [3.05, 3.63) is 0 Å². The van der Waals surface area contributed by atoms with Crippen LogP contribution in [0.1, 0.15) is 39.5 Å². The van der Waals surface area contributed by atoms with Crippen LogP contribution in [0.15, 0.2) is 4.99 Å². The molecule has 0 radical (unpaired) electrons. The Labute approximate surface area is 138 Å². The minimum Gasteiger partial charge on any atom is -0.340 e. The predicted molar refractivity (Wildman–Crippen MR) is 88.7 cm³/mol. The maximum absolute atomic E-state index is 12.5. The van der Waals surface area contributed by atoms with E-state index in [1.54, 1.807) is 0 Å². The molecular formula is C17H27N5O. The van der Waals surface area contributed by atoms with Crippen molar-refractivity contribution in [2.24, 2.45) is 16.8 Å². The van der Waals surface area contributed by atoms with Gasteiger partial charge in [0.25, 0.3) is 0 Å². The molecule has 2 heterocycles. The molecule has 23 heavy (non-hydrogen) atoms. The van der Waals surface area contributed by atoms with Crippen LogP contribution in [-0.4, -0.2) is 59.9 Å². The fourth-order valence-electron chi connectivity index (χ4n) is 4.00. The molecule has 6 heteroatoms. The summed E-state index contributed by atoms with van der Waals surface area (Å²) in [7, 11) is 0. The number of nitrogens with zero attached hydrogens (tertiary/aromatic N) is 4. The third kappa shape index (κ3) is 3.07. The van der Waals surface area contributed by atoms with Crippen molar-refractivity contribution in [1.29, 1.82) is 5.26 Å². The normalized spacial score (nSPS) is 35.6. The first-order valence-corrected chi connectivity index (χ1v) is 8.85. The van der Waals surface area contributed by atoms with Crippen molar-refractivity contribution >= 4 is 11.9 Å². The van der Waals surface area contributed by atoms with Gasteiger partial charge in [-0.25, -0.2) is 4.99 Å². The molecule has 0 bridgehead atoms. The zero-order chi connectivity index (χ0) is 16.4. The van der Waals surface area contributed by atoms with Crippen LogP contribution in [0.5, 0.6) is 0 Å². The van der Waals surface area contributed by atoms with E-state index in [9.17, 15) is 10.1 Å². The van der Waals surface area contributed by atoms with Crippen LogP contribution >= 0.6 is 0 Å². The first kappa shape index (κ1) is 16.3. The van der Waals surface area contributed by atoms with Gasteiger partial charge in [-0.3, -0.25) is 10.1 Å². The first-order chi connectivity index (χ1) is 11.1. The van der Waals surface area contributed by atoms with Crippen LogP contribution in [0.2, 0.25) is 0 Å². The molecule has 3 rings (SSSR count). The average Bonchev–Trinajstić information content (AvgIpc) is 2.57. The summed E-state index contributed by atoms with van der Waals surface area (Å²) in [6, 6.07) is 2.22. The number of rotatable bonds is 1. The van der Waals surface area contributed by atoms with Crippen molar-refractivity contribution in [2.75, 3.05) is 32.7 Å². The van der Waals surface area contributed by atoms with E-state index in [0.717, 1.165) is 58.4 Å². The summed E-state index contributed by atoms with van der Waals surface area (Å²) < 4.78 is 0. The lowest BCUT2D eigenvalue weighted by molar-refractivity contribution is -0.125. The standard InChI is InChI=1S/C17H27N5O/c1-3-21-8-10-22(11-9-21)16-19-15(23)14(12-18)17(20-16)6-4-13(2)5-7-17/h13-14H,3-11H2,1-2H3,(H,19,20,23)/t13?,14-,17?/m0/s1. The second-order valence-corrected chi connectivity index (χ2v) is 7.19. The van der Waals surface area contributed by atoms with E-state index < -0.39 is 11.5 Å². The van der Waals surface area contributed by atoms with Gasteiger partial charge in [-0.1, -0.05) is 13.8 Å². The lowest BCUT2D eigenvalue weighted by Gasteiger charge is -2.44. The van der Waals surface area contributed by atoms with Gasteiger partial charge < -0.3 is 9.80 Å². The van der Waals surface area contributed by atoms with Gasteiger partial charge in [-0.2, -0.15) is 5.26 Å². The molecular weight excluding hydrogens is 290 g/mol. The number of hydrogen-bond acceptors (Lipinski definition) is 5. The Balaban J connectivity index is 1.82. The number of nitrogens with one attached hydrogen (secondary N) is 1. The van der Waals surface area contributed by atoms with E-state index in [4.69, 9.17) is 4.99 Å². The summed E-state index contributed by atoms with van der Waals surface area (Å²) in [5.41, 5.74) is -0.499. The molecule has 126 valence electrons. The van der Waals surface area contributed by atoms with Gasteiger partial charge in [0.2, 0.25) is 11.9 Å². The summed E-state index contributed by atoms with van der Waals surface area (Å²) >= 11 is 0. The van der Waals surface area contributed by atoms with Crippen LogP contribution in [0.4, 0.5) is 0 Å². The number of hydrogen-bond donors (Lipinski definition) is 1. The van der Waals surface area contributed by atoms with E-state index in [-0.39, 0.29) is 5.91 Å². The topological polar surface area (TPSA) is 71.7 Å². The highest BCUT2D eigenvalue weighted by molar-refractivity contribution is 6.02. The number of carbonyl (C=O) groups is 1. The summed E-state index contributed by atoms with van der Waals surface area (Å²) in [5, 5.41) is 12.4. The molecule has 1 aliphatic carbocycles. The molecule has 1 saturated heterocycles. The minimum atomic E-state index is -0.643. The van der Waals surface area contributed by atoms with E-state index in [2.05, 4.69) is 35.0 Å². The van der Waals surface area contributed by atoms with Crippen LogP contribution < -0.4 is 5.32 Å². The molecule has 0 aromatic heterocycles. The molecule has 3 aliphatic rings. The maximum atomic E-state index is 12.5. The van der Waals surface area contributed by atoms with E-state index >= 15 is 0 Å². The lowest BCUT2D eigenvalue weighted by atomic mass is 9.70. The Morgan fingerprint density at radius 2 is 1.96 bits per heavy atom. The third-order valence-corrected chi connectivity index (χ3v) is 5.75. The van der Waals surface area contributed by atoms with E-state index in [1.807, 2.05) is 0 Å². The van der Waals surface area contributed by atoms with E-state index in [1.165, 1.54) is 0 Å². The number of piperazine rings is 1. The summed E-state index contributed by atoms with van der Waals surface area (Å²) in [6.45, 7) is 9.24.